The lowest BCUT2D eigenvalue weighted by molar-refractivity contribution is 0.153. The van der Waals surface area contributed by atoms with Gasteiger partial charge in [-0.15, -0.1) is 0 Å². The first kappa shape index (κ1) is 13.7. The molecule has 0 bridgehead atoms. The summed E-state index contributed by atoms with van der Waals surface area (Å²) in [7, 11) is -1.36. The van der Waals surface area contributed by atoms with Crippen molar-refractivity contribution in [2.24, 2.45) is 5.92 Å². The van der Waals surface area contributed by atoms with Crippen LogP contribution in [0.1, 0.15) is 20.8 Å². The predicted octanol–water partition coefficient (Wildman–Crippen LogP) is 3.41. The molecular formula is C11H24O2Si. The maximum absolute atomic E-state index is 5.67. The van der Waals surface area contributed by atoms with Crippen LogP contribution in [0.4, 0.5) is 0 Å². The molecule has 0 unspecified atom stereocenters. The molecular weight excluding hydrogens is 192 g/mol. The first-order valence-electron chi connectivity index (χ1n) is 5.26. The molecule has 0 saturated carbocycles. The molecule has 3 heteroatoms. The maximum atomic E-state index is 5.67. The zero-order chi connectivity index (χ0) is 11.2. The molecule has 0 aliphatic heterocycles. The minimum absolute atomic E-state index is 0.549. The number of hydrogen-bond acceptors (Lipinski definition) is 2. The first-order valence-corrected chi connectivity index (χ1v) is 8.67. The molecule has 0 aliphatic carbocycles. The van der Waals surface area contributed by atoms with E-state index in [-0.39, 0.29) is 0 Å². The van der Waals surface area contributed by atoms with Gasteiger partial charge < -0.3 is 9.16 Å². The van der Waals surface area contributed by atoms with Crippen LogP contribution in [0.5, 0.6) is 0 Å². The van der Waals surface area contributed by atoms with Gasteiger partial charge in [-0.2, -0.15) is 0 Å². The first-order chi connectivity index (χ1) is 6.31. The van der Waals surface area contributed by atoms with Gasteiger partial charge >= 0.3 is 0 Å². The lowest BCUT2D eigenvalue weighted by atomic mass is 10.2. The van der Waals surface area contributed by atoms with Crippen LogP contribution in [-0.2, 0) is 9.16 Å². The van der Waals surface area contributed by atoms with Crippen molar-refractivity contribution in [2.75, 3.05) is 13.2 Å². The normalized spacial score (nSPS) is 13.5. The largest absolute Gasteiger partial charge is 0.496 e. The SMILES string of the molecule is C/C(=C\C(C)C)OCCO[Si](C)(C)C. The van der Waals surface area contributed by atoms with Crippen molar-refractivity contribution in [1.82, 2.24) is 0 Å². The number of rotatable bonds is 6. The van der Waals surface area contributed by atoms with E-state index in [1.54, 1.807) is 0 Å². The Kier molecular flexibility index (Phi) is 6.12. The smallest absolute Gasteiger partial charge is 0.183 e. The van der Waals surface area contributed by atoms with Crippen LogP contribution in [-0.4, -0.2) is 21.5 Å². The van der Waals surface area contributed by atoms with Gasteiger partial charge in [0.25, 0.3) is 0 Å². The Morgan fingerprint density at radius 2 is 1.79 bits per heavy atom. The molecule has 2 nitrogen and oxygen atoms in total. The van der Waals surface area contributed by atoms with E-state index in [9.17, 15) is 0 Å². The van der Waals surface area contributed by atoms with Crippen LogP contribution in [0.2, 0.25) is 19.6 Å². The average molecular weight is 216 g/mol. The molecule has 14 heavy (non-hydrogen) atoms. The Balaban J connectivity index is 3.55. The topological polar surface area (TPSA) is 18.5 Å². The summed E-state index contributed by atoms with van der Waals surface area (Å²) in [5.74, 6) is 1.55. The third-order valence-corrected chi connectivity index (χ3v) is 2.59. The highest BCUT2D eigenvalue weighted by molar-refractivity contribution is 6.69. The van der Waals surface area contributed by atoms with E-state index in [4.69, 9.17) is 9.16 Å². The molecule has 0 heterocycles. The van der Waals surface area contributed by atoms with E-state index in [1.807, 2.05) is 6.92 Å². The van der Waals surface area contributed by atoms with Crippen LogP contribution in [0.3, 0.4) is 0 Å². The predicted molar refractivity (Wildman–Crippen MR) is 63.8 cm³/mol. The lowest BCUT2D eigenvalue weighted by Gasteiger charge is -2.17. The van der Waals surface area contributed by atoms with E-state index in [1.165, 1.54) is 0 Å². The summed E-state index contributed by atoms with van der Waals surface area (Å²) in [5, 5.41) is 0. The summed E-state index contributed by atoms with van der Waals surface area (Å²) in [6, 6.07) is 0. The number of allylic oxidation sites excluding steroid dienone is 2. The number of ether oxygens (including phenoxy) is 1. The maximum Gasteiger partial charge on any atom is 0.183 e. The van der Waals surface area contributed by atoms with E-state index < -0.39 is 8.32 Å². The molecule has 0 atom stereocenters. The third-order valence-electron chi connectivity index (χ3n) is 1.52. The highest BCUT2D eigenvalue weighted by atomic mass is 28.4. The van der Waals surface area contributed by atoms with Crippen molar-refractivity contribution in [3.63, 3.8) is 0 Å². The highest BCUT2D eigenvalue weighted by Crippen LogP contribution is 2.05. The van der Waals surface area contributed by atoms with Crippen molar-refractivity contribution in [3.05, 3.63) is 11.8 Å². The second-order valence-electron chi connectivity index (χ2n) is 4.83. The summed E-state index contributed by atoms with van der Waals surface area (Å²) < 4.78 is 11.2. The van der Waals surface area contributed by atoms with Gasteiger partial charge in [-0.25, -0.2) is 0 Å². The van der Waals surface area contributed by atoms with E-state index in [2.05, 4.69) is 39.6 Å². The lowest BCUT2D eigenvalue weighted by Crippen LogP contribution is -2.27. The summed E-state index contributed by atoms with van der Waals surface area (Å²) >= 11 is 0. The second-order valence-corrected chi connectivity index (χ2v) is 9.34. The molecule has 0 saturated heterocycles. The summed E-state index contributed by atoms with van der Waals surface area (Å²) in [6.07, 6.45) is 2.12. The second kappa shape index (κ2) is 6.25. The van der Waals surface area contributed by atoms with E-state index in [0.29, 0.717) is 19.1 Å². The van der Waals surface area contributed by atoms with Crippen molar-refractivity contribution >= 4 is 8.32 Å². The molecule has 0 N–H and O–H groups in total. The minimum Gasteiger partial charge on any atom is -0.496 e. The van der Waals surface area contributed by atoms with Crippen molar-refractivity contribution in [2.45, 2.75) is 40.4 Å². The van der Waals surface area contributed by atoms with Crippen LogP contribution >= 0.6 is 0 Å². The van der Waals surface area contributed by atoms with Crippen LogP contribution in [0.15, 0.2) is 11.8 Å². The van der Waals surface area contributed by atoms with Crippen LogP contribution < -0.4 is 0 Å². The van der Waals surface area contributed by atoms with Gasteiger partial charge in [0.1, 0.15) is 6.61 Å². The van der Waals surface area contributed by atoms with Gasteiger partial charge in [0, 0.05) is 0 Å². The molecule has 0 aromatic rings. The average Bonchev–Trinajstić information content (AvgIpc) is 1.95. The fourth-order valence-corrected chi connectivity index (χ4v) is 1.76. The molecule has 0 radical (unpaired) electrons. The van der Waals surface area contributed by atoms with E-state index >= 15 is 0 Å². The Hall–Kier alpha value is -0.283. The zero-order valence-electron chi connectivity index (χ0n) is 10.4. The molecule has 0 aromatic heterocycles. The van der Waals surface area contributed by atoms with E-state index in [0.717, 1.165) is 5.76 Å². The van der Waals surface area contributed by atoms with Crippen LogP contribution in [0.25, 0.3) is 0 Å². The Labute approximate surface area is 89.4 Å². The van der Waals surface area contributed by atoms with Gasteiger partial charge in [-0.1, -0.05) is 13.8 Å². The van der Waals surface area contributed by atoms with Gasteiger partial charge in [-0.3, -0.25) is 0 Å². The third kappa shape index (κ3) is 9.80. The fourth-order valence-electron chi connectivity index (χ4n) is 1.07. The van der Waals surface area contributed by atoms with Gasteiger partial charge in [-0.05, 0) is 38.6 Å². The van der Waals surface area contributed by atoms with Crippen molar-refractivity contribution in [1.29, 1.82) is 0 Å². The Morgan fingerprint density at radius 3 is 2.21 bits per heavy atom. The Bertz CT molecular complexity index is 180. The van der Waals surface area contributed by atoms with Crippen molar-refractivity contribution in [3.8, 4) is 0 Å². The monoisotopic (exact) mass is 216 g/mol. The molecule has 0 rings (SSSR count). The quantitative estimate of drug-likeness (QED) is 0.385. The summed E-state index contributed by atoms with van der Waals surface area (Å²) in [6.45, 7) is 14.2. The molecule has 84 valence electrons. The molecule has 0 amide bonds. The standard InChI is InChI=1S/C11H24O2Si/c1-10(2)9-11(3)12-7-8-13-14(4,5)6/h9-10H,7-8H2,1-6H3/b11-9+. The Morgan fingerprint density at radius 1 is 1.21 bits per heavy atom. The molecule has 0 aliphatic rings. The van der Waals surface area contributed by atoms with Gasteiger partial charge in [0.15, 0.2) is 8.32 Å². The summed E-state index contributed by atoms with van der Waals surface area (Å²) in [5.41, 5.74) is 0. The van der Waals surface area contributed by atoms with Crippen molar-refractivity contribution < 1.29 is 9.16 Å². The number of hydrogen-bond donors (Lipinski definition) is 0. The molecule has 0 spiro atoms. The van der Waals surface area contributed by atoms with Crippen LogP contribution in [0, 0.1) is 5.92 Å². The minimum atomic E-state index is -1.36. The van der Waals surface area contributed by atoms with Gasteiger partial charge in [0.2, 0.25) is 0 Å². The molecule has 0 aromatic carbocycles. The fraction of sp³-hybridized carbons (Fsp3) is 0.818. The summed E-state index contributed by atoms with van der Waals surface area (Å²) in [4.78, 5) is 0. The van der Waals surface area contributed by atoms with Gasteiger partial charge in [0.05, 0.1) is 12.4 Å². The zero-order valence-corrected chi connectivity index (χ0v) is 11.4. The molecule has 0 fully saturated rings. The highest BCUT2D eigenvalue weighted by Gasteiger charge is 2.13.